The van der Waals surface area contributed by atoms with Crippen LogP contribution in [0.2, 0.25) is 0 Å². The predicted octanol–water partition coefficient (Wildman–Crippen LogP) is 2.97. The second kappa shape index (κ2) is 9.30. The molecule has 0 radical (unpaired) electrons. The molecule has 2 aliphatic rings. The van der Waals surface area contributed by atoms with Crippen LogP contribution in [0.3, 0.4) is 0 Å². The Morgan fingerprint density at radius 1 is 1.30 bits per heavy atom. The van der Waals surface area contributed by atoms with E-state index in [0.29, 0.717) is 31.2 Å². The Kier molecular flexibility index (Phi) is 6.52. The number of hydrogen-bond donors (Lipinski definition) is 1. The van der Waals surface area contributed by atoms with Gasteiger partial charge >= 0.3 is 0 Å². The minimum absolute atomic E-state index is 0.0289. The number of ether oxygens (including phenoxy) is 1. The summed E-state index contributed by atoms with van der Waals surface area (Å²) < 4.78 is 6.33. The molecule has 0 aliphatic carbocycles. The van der Waals surface area contributed by atoms with E-state index in [4.69, 9.17) is 4.74 Å². The van der Waals surface area contributed by atoms with E-state index < -0.39 is 0 Å². The number of nitrogens with zero attached hydrogens (tertiary/aromatic N) is 4. The molecule has 2 aliphatic heterocycles. The summed E-state index contributed by atoms with van der Waals surface area (Å²) in [6.07, 6.45) is 3.19. The number of carbonyl (C=O) groups excluding carboxylic acids is 2. The SMILES string of the molecule is COc1ccc(Br)cc1CNC(=O)[C@@H]1CCCN(c2nnc(N3CCCC3=O)s2)C1. The first-order valence-corrected chi connectivity index (χ1v) is 11.6. The second-order valence-corrected chi connectivity index (χ2v) is 9.33. The van der Waals surface area contributed by atoms with Crippen molar-refractivity contribution in [1.82, 2.24) is 15.5 Å². The molecule has 4 rings (SSSR count). The van der Waals surface area contributed by atoms with Crippen molar-refractivity contribution in [3.63, 3.8) is 0 Å². The van der Waals surface area contributed by atoms with Crippen molar-refractivity contribution in [1.29, 1.82) is 0 Å². The summed E-state index contributed by atoms with van der Waals surface area (Å²) in [5, 5.41) is 13.0. The number of benzene rings is 1. The fourth-order valence-electron chi connectivity index (χ4n) is 3.87. The summed E-state index contributed by atoms with van der Waals surface area (Å²) in [4.78, 5) is 28.6. The van der Waals surface area contributed by atoms with Crippen LogP contribution < -0.4 is 19.9 Å². The van der Waals surface area contributed by atoms with Gasteiger partial charge in [0, 0.05) is 42.6 Å². The first-order valence-electron chi connectivity index (χ1n) is 10.0. The third kappa shape index (κ3) is 4.59. The summed E-state index contributed by atoms with van der Waals surface area (Å²) in [6, 6.07) is 5.75. The molecule has 0 spiro atoms. The lowest BCUT2D eigenvalue weighted by molar-refractivity contribution is -0.125. The largest absolute Gasteiger partial charge is 0.496 e. The zero-order chi connectivity index (χ0) is 21.1. The van der Waals surface area contributed by atoms with Crippen LogP contribution in [0.4, 0.5) is 10.3 Å². The van der Waals surface area contributed by atoms with Gasteiger partial charge in [-0.3, -0.25) is 14.5 Å². The Morgan fingerprint density at radius 2 is 2.13 bits per heavy atom. The fraction of sp³-hybridized carbons (Fsp3) is 0.500. The molecule has 160 valence electrons. The highest BCUT2D eigenvalue weighted by Crippen LogP contribution is 2.32. The summed E-state index contributed by atoms with van der Waals surface area (Å²) in [7, 11) is 1.62. The number of piperidine rings is 1. The Hall–Kier alpha value is -2.20. The van der Waals surface area contributed by atoms with Crippen molar-refractivity contribution in [2.24, 2.45) is 5.92 Å². The lowest BCUT2D eigenvalue weighted by Crippen LogP contribution is -2.43. The van der Waals surface area contributed by atoms with Crippen LogP contribution in [0, 0.1) is 5.92 Å². The average molecular weight is 494 g/mol. The molecule has 3 heterocycles. The molecule has 10 heteroatoms. The number of methoxy groups -OCH3 is 1. The molecule has 1 aromatic heterocycles. The third-order valence-electron chi connectivity index (χ3n) is 5.47. The monoisotopic (exact) mass is 493 g/mol. The van der Waals surface area contributed by atoms with Gasteiger partial charge in [-0.15, -0.1) is 10.2 Å². The molecule has 8 nitrogen and oxygen atoms in total. The van der Waals surface area contributed by atoms with E-state index in [1.54, 1.807) is 12.0 Å². The van der Waals surface area contributed by atoms with Gasteiger partial charge < -0.3 is 15.0 Å². The van der Waals surface area contributed by atoms with Gasteiger partial charge in [0.2, 0.25) is 22.1 Å². The molecule has 2 aromatic rings. The quantitative estimate of drug-likeness (QED) is 0.665. The number of amides is 2. The zero-order valence-corrected chi connectivity index (χ0v) is 19.2. The van der Waals surface area contributed by atoms with E-state index >= 15 is 0 Å². The molecule has 0 bridgehead atoms. The summed E-state index contributed by atoms with van der Waals surface area (Å²) in [6.45, 7) is 2.56. The molecule has 30 heavy (non-hydrogen) atoms. The van der Waals surface area contributed by atoms with Gasteiger partial charge in [-0.25, -0.2) is 0 Å². The highest BCUT2D eigenvalue weighted by molar-refractivity contribution is 9.10. The number of anilines is 2. The Bertz CT molecular complexity index is 937. The van der Waals surface area contributed by atoms with E-state index in [-0.39, 0.29) is 17.7 Å². The van der Waals surface area contributed by atoms with E-state index in [0.717, 1.165) is 46.7 Å². The molecule has 1 N–H and O–H groups in total. The molecule has 0 saturated carbocycles. The normalized spacial score (nSPS) is 19.3. The Labute approximate surface area is 187 Å². The van der Waals surface area contributed by atoms with Gasteiger partial charge in [0.15, 0.2) is 0 Å². The molecule has 2 saturated heterocycles. The Morgan fingerprint density at radius 3 is 2.90 bits per heavy atom. The van der Waals surface area contributed by atoms with Crippen molar-refractivity contribution in [3.05, 3.63) is 28.2 Å². The van der Waals surface area contributed by atoms with E-state index in [2.05, 4.69) is 36.3 Å². The minimum Gasteiger partial charge on any atom is -0.496 e. The number of nitrogens with one attached hydrogen (secondary N) is 1. The molecule has 1 atom stereocenters. The van der Waals surface area contributed by atoms with Gasteiger partial charge in [-0.2, -0.15) is 0 Å². The summed E-state index contributed by atoms with van der Waals surface area (Å²) in [5.41, 5.74) is 0.928. The van der Waals surface area contributed by atoms with Crippen LogP contribution in [0.5, 0.6) is 5.75 Å². The summed E-state index contributed by atoms with van der Waals surface area (Å²) >= 11 is 4.89. The predicted molar refractivity (Wildman–Crippen MR) is 119 cm³/mol. The second-order valence-electron chi connectivity index (χ2n) is 7.48. The number of aromatic nitrogens is 2. The molecule has 1 aromatic carbocycles. The van der Waals surface area contributed by atoms with Gasteiger partial charge in [0.05, 0.1) is 13.0 Å². The van der Waals surface area contributed by atoms with Gasteiger partial charge in [0.1, 0.15) is 5.75 Å². The lowest BCUT2D eigenvalue weighted by Gasteiger charge is -2.31. The van der Waals surface area contributed by atoms with E-state index in [9.17, 15) is 9.59 Å². The molecule has 0 unspecified atom stereocenters. The molecule has 2 fully saturated rings. The van der Waals surface area contributed by atoms with Crippen LogP contribution >= 0.6 is 27.3 Å². The smallest absolute Gasteiger partial charge is 0.228 e. The van der Waals surface area contributed by atoms with E-state index in [1.165, 1.54) is 11.3 Å². The maximum absolute atomic E-state index is 12.8. The lowest BCUT2D eigenvalue weighted by atomic mass is 9.97. The fourth-order valence-corrected chi connectivity index (χ4v) is 5.21. The van der Waals surface area contributed by atoms with Crippen molar-refractivity contribution >= 4 is 49.3 Å². The topological polar surface area (TPSA) is 87.7 Å². The highest BCUT2D eigenvalue weighted by atomic mass is 79.9. The standard InChI is InChI=1S/C20H24BrN5O3S/c1-29-16-7-6-15(21)10-14(16)11-22-18(28)13-4-2-8-25(12-13)19-23-24-20(30-19)26-9-3-5-17(26)27/h6-7,10,13H,2-5,8-9,11-12H2,1H3,(H,22,28)/t13-/m1/s1. The molecule has 2 amide bonds. The van der Waals surface area contributed by atoms with Gasteiger partial charge in [-0.05, 0) is 37.5 Å². The van der Waals surface area contributed by atoms with Gasteiger partial charge in [-0.1, -0.05) is 27.3 Å². The maximum Gasteiger partial charge on any atom is 0.228 e. The van der Waals surface area contributed by atoms with Crippen LogP contribution in [0.25, 0.3) is 0 Å². The van der Waals surface area contributed by atoms with Crippen molar-refractivity contribution in [2.45, 2.75) is 32.2 Å². The van der Waals surface area contributed by atoms with Crippen LogP contribution in [0.1, 0.15) is 31.2 Å². The zero-order valence-electron chi connectivity index (χ0n) is 16.8. The summed E-state index contributed by atoms with van der Waals surface area (Å²) in [5.74, 6) is 0.775. The Balaban J connectivity index is 1.37. The number of hydrogen-bond acceptors (Lipinski definition) is 7. The van der Waals surface area contributed by atoms with E-state index in [1.807, 2.05) is 18.2 Å². The molecular weight excluding hydrogens is 470 g/mol. The number of halogens is 1. The number of rotatable bonds is 6. The van der Waals surface area contributed by atoms with Crippen LogP contribution in [-0.2, 0) is 16.1 Å². The minimum atomic E-state index is -0.113. The highest BCUT2D eigenvalue weighted by Gasteiger charge is 2.30. The van der Waals surface area contributed by atoms with Crippen molar-refractivity contribution < 1.29 is 14.3 Å². The molecular formula is C20H24BrN5O3S. The maximum atomic E-state index is 12.8. The first-order chi connectivity index (χ1) is 14.5. The first kappa shape index (κ1) is 21.0. The van der Waals surface area contributed by atoms with Crippen LogP contribution in [-0.4, -0.2) is 48.8 Å². The van der Waals surface area contributed by atoms with Gasteiger partial charge in [0.25, 0.3) is 0 Å². The third-order valence-corrected chi connectivity index (χ3v) is 6.97. The average Bonchev–Trinajstić information content (AvgIpc) is 3.41. The number of carbonyl (C=O) groups is 2. The van der Waals surface area contributed by atoms with Crippen molar-refractivity contribution in [2.75, 3.05) is 36.5 Å². The van der Waals surface area contributed by atoms with Crippen LogP contribution in [0.15, 0.2) is 22.7 Å². The van der Waals surface area contributed by atoms with Crippen molar-refractivity contribution in [3.8, 4) is 5.75 Å².